The topological polar surface area (TPSA) is 59.2 Å². The Morgan fingerprint density at radius 2 is 2.26 bits per heavy atom. The summed E-state index contributed by atoms with van der Waals surface area (Å²) in [7, 11) is 1.83. The molecule has 0 saturated carbocycles. The summed E-state index contributed by atoms with van der Waals surface area (Å²) in [4.78, 5) is 18.9. The normalized spacial score (nSPS) is 10.8. The number of nitrogen functional groups attached to an aromatic ring is 1. The van der Waals surface area contributed by atoms with Crippen molar-refractivity contribution in [3.05, 3.63) is 23.2 Å². The van der Waals surface area contributed by atoms with Crippen LogP contribution in [-0.2, 0) is 0 Å². The summed E-state index contributed by atoms with van der Waals surface area (Å²) in [5, 5.41) is 0. The molecule has 2 aromatic heterocycles. The Balaban J connectivity index is 2.19. The van der Waals surface area contributed by atoms with Gasteiger partial charge < -0.3 is 10.6 Å². The lowest BCUT2D eigenvalue weighted by Gasteiger charge is -2.16. The summed E-state index contributed by atoms with van der Waals surface area (Å²) in [6.07, 6.45) is 5.02. The average Bonchev–Trinajstić information content (AvgIpc) is 2.76. The van der Waals surface area contributed by atoms with Gasteiger partial charge >= 0.3 is 0 Å². The first-order valence-electron chi connectivity index (χ1n) is 6.53. The van der Waals surface area contributed by atoms with Crippen molar-refractivity contribution in [2.45, 2.75) is 26.2 Å². The zero-order valence-corrected chi connectivity index (χ0v) is 12.2. The van der Waals surface area contributed by atoms with Gasteiger partial charge in [0.05, 0.1) is 10.4 Å². The molecule has 0 atom stereocenters. The van der Waals surface area contributed by atoms with Gasteiger partial charge in [-0.25, -0.2) is 0 Å². The van der Waals surface area contributed by atoms with Crippen molar-refractivity contribution in [2.24, 2.45) is 0 Å². The van der Waals surface area contributed by atoms with E-state index in [1.54, 1.807) is 11.1 Å². The van der Waals surface area contributed by atoms with E-state index in [0.29, 0.717) is 10.6 Å². The van der Waals surface area contributed by atoms with Gasteiger partial charge in [-0.2, -0.15) is 0 Å². The van der Waals surface area contributed by atoms with E-state index in [1.165, 1.54) is 11.3 Å². The highest BCUT2D eigenvalue weighted by molar-refractivity contribution is 7.21. The Bertz CT molecular complexity index is 579. The number of hydrogen-bond donors (Lipinski definition) is 1. The predicted molar refractivity (Wildman–Crippen MR) is 80.5 cm³/mol. The van der Waals surface area contributed by atoms with Gasteiger partial charge in [0, 0.05) is 19.8 Å². The van der Waals surface area contributed by atoms with Crippen LogP contribution in [0.4, 0.5) is 5.69 Å². The standard InChI is InChI=1S/C14H19N3OS/c1-3-4-5-9-17(2)14(18)13-11(15)12-10(19-13)7-6-8-16-12/h6-8H,3-5,9,15H2,1-2H3. The number of pyridine rings is 1. The van der Waals surface area contributed by atoms with Crippen LogP contribution >= 0.6 is 11.3 Å². The van der Waals surface area contributed by atoms with E-state index in [4.69, 9.17) is 5.73 Å². The molecule has 2 heterocycles. The summed E-state index contributed by atoms with van der Waals surface area (Å²) < 4.78 is 0.963. The number of hydrogen-bond acceptors (Lipinski definition) is 4. The molecular weight excluding hydrogens is 258 g/mol. The molecule has 0 spiro atoms. The molecule has 4 nitrogen and oxygen atoms in total. The highest BCUT2D eigenvalue weighted by Crippen LogP contribution is 2.32. The molecule has 102 valence electrons. The number of unbranched alkanes of at least 4 members (excludes halogenated alkanes) is 2. The number of anilines is 1. The van der Waals surface area contributed by atoms with Gasteiger partial charge in [0.15, 0.2) is 0 Å². The number of fused-ring (bicyclic) bond motifs is 1. The van der Waals surface area contributed by atoms with Crippen molar-refractivity contribution in [3.8, 4) is 0 Å². The third-order valence-corrected chi connectivity index (χ3v) is 4.27. The molecule has 5 heteroatoms. The maximum absolute atomic E-state index is 12.4. The van der Waals surface area contributed by atoms with Crippen LogP contribution in [0.2, 0.25) is 0 Å². The fourth-order valence-electron chi connectivity index (χ4n) is 1.98. The first-order valence-corrected chi connectivity index (χ1v) is 7.35. The molecule has 0 aliphatic carbocycles. The summed E-state index contributed by atoms with van der Waals surface area (Å²) in [6, 6.07) is 3.80. The van der Waals surface area contributed by atoms with E-state index in [9.17, 15) is 4.79 Å². The Labute approximate surface area is 117 Å². The molecule has 0 unspecified atom stereocenters. The lowest BCUT2D eigenvalue weighted by molar-refractivity contribution is 0.0798. The summed E-state index contributed by atoms with van der Waals surface area (Å²) in [5.74, 6) is -0.00315. The summed E-state index contributed by atoms with van der Waals surface area (Å²) >= 11 is 1.42. The number of amides is 1. The third-order valence-electron chi connectivity index (χ3n) is 3.12. The van der Waals surface area contributed by atoms with Crippen LogP contribution in [0.25, 0.3) is 10.2 Å². The Kier molecular flexibility index (Phi) is 4.37. The Morgan fingerprint density at radius 1 is 1.47 bits per heavy atom. The van der Waals surface area contributed by atoms with E-state index in [2.05, 4.69) is 11.9 Å². The van der Waals surface area contributed by atoms with E-state index in [0.717, 1.165) is 36.0 Å². The molecule has 2 N–H and O–H groups in total. The number of thiophene rings is 1. The van der Waals surface area contributed by atoms with Crippen molar-refractivity contribution in [2.75, 3.05) is 19.3 Å². The average molecular weight is 277 g/mol. The van der Waals surface area contributed by atoms with Gasteiger partial charge in [-0.3, -0.25) is 9.78 Å². The first kappa shape index (κ1) is 13.8. The number of nitrogens with two attached hydrogens (primary N) is 1. The number of rotatable bonds is 5. The second-order valence-corrected chi connectivity index (χ2v) is 5.68. The first-order chi connectivity index (χ1) is 9.15. The minimum Gasteiger partial charge on any atom is -0.396 e. The highest BCUT2D eigenvalue weighted by Gasteiger charge is 2.19. The number of nitrogens with zero attached hydrogens (tertiary/aromatic N) is 2. The van der Waals surface area contributed by atoms with Crippen molar-refractivity contribution in [1.29, 1.82) is 0 Å². The number of carbonyl (C=O) groups excluding carboxylic acids is 1. The van der Waals surface area contributed by atoms with Gasteiger partial charge in [-0.05, 0) is 18.6 Å². The van der Waals surface area contributed by atoms with Crippen LogP contribution in [0.3, 0.4) is 0 Å². The molecular formula is C14H19N3OS. The number of carbonyl (C=O) groups is 1. The molecule has 1 amide bonds. The highest BCUT2D eigenvalue weighted by atomic mass is 32.1. The molecule has 0 bridgehead atoms. The molecule has 2 aromatic rings. The van der Waals surface area contributed by atoms with Crippen LogP contribution in [0, 0.1) is 0 Å². The van der Waals surface area contributed by atoms with Crippen molar-refractivity contribution in [1.82, 2.24) is 9.88 Å². The quantitative estimate of drug-likeness (QED) is 0.854. The number of aromatic nitrogens is 1. The van der Waals surface area contributed by atoms with Crippen LogP contribution in [0.1, 0.15) is 35.9 Å². The van der Waals surface area contributed by atoms with E-state index < -0.39 is 0 Å². The fraction of sp³-hybridized carbons (Fsp3) is 0.429. The van der Waals surface area contributed by atoms with Gasteiger partial charge in [0.2, 0.25) is 0 Å². The van der Waals surface area contributed by atoms with Crippen molar-refractivity contribution < 1.29 is 4.79 Å². The smallest absolute Gasteiger partial charge is 0.265 e. The monoisotopic (exact) mass is 277 g/mol. The van der Waals surface area contributed by atoms with Gasteiger partial charge in [0.1, 0.15) is 10.4 Å². The lowest BCUT2D eigenvalue weighted by atomic mass is 10.2. The molecule has 0 saturated heterocycles. The maximum atomic E-state index is 12.4. The zero-order valence-electron chi connectivity index (χ0n) is 11.3. The van der Waals surface area contributed by atoms with Crippen LogP contribution < -0.4 is 5.73 Å². The van der Waals surface area contributed by atoms with Crippen molar-refractivity contribution >= 4 is 33.1 Å². The lowest BCUT2D eigenvalue weighted by Crippen LogP contribution is -2.27. The fourth-order valence-corrected chi connectivity index (χ4v) is 3.06. The molecule has 0 radical (unpaired) electrons. The molecule has 0 aliphatic rings. The minimum absolute atomic E-state index is 0.00315. The predicted octanol–water partition coefficient (Wildman–Crippen LogP) is 3.14. The van der Waals surface area contributed by atoms with Gasteiger partial charge in [0.25, 0.3) is 5.91 Å². The van der Waals surface area contributed by atoms with Gasteiger partial charge in [-0.1, -0.05) is 19.8 Å². The second kappa shape index (κ2) is 6.02. The largest absolute Gasteiger partial charge is 0.396 e. The molecule has 19 heavy (non-hydrogen) atoms. The van der Waals surface area contributed by atoms with Gasteiger partial charge in [-0.15, -0.1) is 11.3 Å². The molecule has 0 aliphatic heterocycles. The van der Waals surface area contributed by atoms with E-state index in [-0.39, 0.29) is 5.91 Å². The SMILES string of the molecule is CCCCCN(C)C(=O)c1sc2cccnc2c1N. The van der Waals surface area contributed by atoms with Crippen LogP contribution in [-0.4, -0.2) is 29.4 Å². The molecule has 0 fully saturated rings. The third kappa shape index (κ3) is 2.87. The molecule has 0 aromatic carbocycles. The van der Waals surface area contributed by atoms with Crippen LogP contribution in [0.5, 0.6) is 0 Å². The summed E-state index contributed by atoms with van der Waals surface area (Å²) in [5.41, 5.74) is 7.27. The van der Waals surface area contributed by atoms with Crippen molar-refractivity contribution in [3.63, 3.8) is 0 Å². The Morgan fingerprint density at radius 3 is 2.95 bits per heavy atom. The minimum atomic E-state index is -0.00315. The Hall–Kier alpha value is -1.62. The maximum Gasteiger partial charge on any atom is 0.265 e. The van der Waals surface area contributed by atoms with E-state index in [1.807, 2.05) is 19.2 Å². The van der Waals surface area contributed by atoms with Crippen LogP contribution in [0.15, 0.2) is 18.3 Å². The molecule has 2 rings (SSSR count). The van der Waals surface area contributed by atoms with E-state index >= 15 is 0 Å². The zero-order chi connectivity index (χ0) is 13.8. The summed E-state index contributed by atoms with van der Waals surface area (Å²) in [6.45, 7) is 2.92. The second-order valence-electron chi connectivity index (χ2n) is 4.63.